The first-order valence-corrected chi connectivity index (χ1v) is 7.01. The quantitative estimate of drug-likeness (QED) is 0.920. The van der Waals surface area contributed by atoms with Gasteiger partial charge in [-0.05, 0) is 41.7 Å². The van der Waals surface area contributed by atoms with Crippen LogP contribution in [-0.4, -0.2) is 39.0 Å². The highest BCUT2D eigenvalue weighted by Gasteiger charge is 2.25. The lowest BCUT2D eigenvalue weighted by Crippen LogP contribution is -2.32. The van der Waals surface area contributed by atoms with Crippen LogP contribution in [0.3, 0.4) is 0 Å². The Bertz CT molecular complexity index is 391. The van der Waals surface area contributed by atoms with Crippen molar-refractivity contribution in [2.45, 2.75) is 38.8 Å². The van der Waals surface area contributed by atoms with E-state index in [0.29, 0.717) is 6.04 Å². The number of aliphatic hydroxyl groups is 1. The molecule has 96 valence electrons. The molecule has 1 saturated heterocycles. The predicted octanol–water partition coefficient (Wildman–Crippen LogP) is 1.70. The Kier molecular flexibility index (Phi) is 4.22. The van der Waals surface area contributed by atoms with E-state index in [9.17, 15) is 5.11 Å². The van der Waals surface area contributed by atoms with Gasteiger partial charge in [0.1, 0.15) is 0 Å². The van der Waals surface area contributed by atoms with Crippen molar-refractivity contribution in [3.8, 4) is 0 Å². The van der Waals surface area contributed by atoms with E-state index in [0.717, 1.165) is 36.1 Å². The first kappa shape index (κ1) is 13.1. The van der Waals surface area contributed by atoms with Gasteiger partial charge >= 0.3 is 0 Å². The van der Waals surface area contributed by atoms with E-state index in [1.807, 2.05) is 11.7 Å². The molecule has 0 bridgehead atoms. The first-order chi connectivity index (χ1) is 8.17. The summed E-state index contributed by atoms with van der Waals surface area (Å²) in [6.07, 6.45) is 3.23. The van der Waals surface area contributed by atoms with Crippen LogP contribution < -0.4 is 0 Å². The number of halogens is 1. The van der Waals surface area contributed by atoms with E-state index < -0.39 is 0 Å². The minimum Gasteiger partial charge on any atom is -0.395 e. The van der Waals surface area contributed by atoms with Gasteiger partial charge in [-0.2, -0.15) is 5.10 Å². The third-order valence-corrected chi connectivity index (χ3v) is 4.48. The van der Waals surface area contributed by atoms with Gasteiger partial charge in [-0.25, -0.2) is 0 Å². The maximum absolute atomic E-state index is 9.33. The Hall–Kier alpha value is -0.390. The molecule has 5 heteroatoms. The van der Waals surface area contributed by atoms with Crippen molar-refractivity contribution in [1.29, 1.82) is 0 Å². The van der Waals surface area contributed by atoms with Gasteiger partial charge < -0.3 is 5.11 Å². The van der Waals surface area contributed by atoms with Crippen LogP contribution in [-0.2, 0) is 20.0 Å². The molecule has 0 aliphatic carbocycles. The summed E-state index contributed by atoms with van der Waals surface area (Å²) in [6, 6.07) is 0.321. The van der Waals surface area contributed by atoms with E-state index >= 15 is 0 Å². The van der Waals surface area contributed by atoms with Gasteiger partial charge in [-0.3, -0.25) is 9.58 Å². The average Bonchev–Trinajstić information content (AvgIpc) is 2.88. The zero-order valence-electron chi connectivity index (χ0n) is 10.5. The number of aliphatic hydroxyl groups excluding tert-OH is 1. The second-order valence-electron chi connectivity index (χ2n) is 4.63. The third-order valence-electron chi connectivity index (χ3n) is 3.57. The summed E-state index contributed by atoms with van der Waals surface area (Å²) >= 11 is 3.64. The smallest absolute Gasteiger partial charge is 0.0767 e. The zero-order chi connectivity index (χ0) is 12.4. The molecule has 17 heavy (non-hydrogen) atoms. The van der Waals surface area contributed by atoms with E-state index in [-0.39, 0.29) is 6.61 Å². The SMILES string of the molecule is CCc1nn(C)c(CN2CCCC2CO)c1Br. The Morgan fingerprint density at radius 1 is 1.53 bits per heavy atom. The molecule has 1 fully saturated rings. The molecule has 1 N–H and O–H groups in total. The Labute approximate surface area is 111 Å². The Morgan fingerprint density at radius 3 is 2.88 bits per heavy atom. The summed E-state index contributed by atoms with van der Waals surface area (Å²) in [5.74, 6) is 0. The van der Waals surface area contributed by atoms with Crippen LogP contribution in [0.5, 0.6) is 0 Å². The third kappa shape index (κ3) is 2.56. The second kappa shape index (κ2) is 5.50. The van der Waals surface area contributed by atoms with Gasteiger partial charge in [0.05, 0.1) is 22.5 Å². The van der Waals surface area contributed by atoms with Crippen LogP contribution in [0.2, 0.25) is 0 Å². The molecule has 0 aromatic carbocycles. The van der Waals surface area contributed by atoms with Crippen LogP contribution in [0.25, 0.3) is 0 Å². The molecule has 1 aromatic rings. The van der Waals surface area contributed by atoms with Gasteiger partial charge in [0, 0.05) is 19.6 Å². The van der Waals surface area contributed by atoms with E-state index in [4.69, 9.17) is 0 Å². The van der Waals surface area contributed by atoms with Crippen molar-refractivity contribution in [2.75, 3.05) is 13.2 Å². The fourth-order valence-electron chi connectivity index (χ4n) is 2.49. The Morgan fingerprint density at radius 2 is 2.29 bits per heavy atom. The summed E-state index contributed by atoms with van der Waals surface area (Å²) in [5, 5.41) is 13.8. The largest absolute Gasteiger partial charge is 0.395 e. The molecule has 1 atom stereocenters. The molecule has 1 aliphatic heterocycles. The van der Waals surface area contributed by atoms with Gasteiger partial charge in [0.25, 0.3) is 0 Å². The highest BCUT2D eigenvalue weighted by atomic mass is 79.9. The minimum atomic E-state index is 0.260. The number of aromatic nitrogens is 2. The van der Waals surface area contributed by atoms with Crippen molar-refractivity contribution < 1.29 is 5.11 Å². The number of hydrogen-bond acceptors (Lipinski definition) is 3. The second-order valence-corrected chi connectivity index (χ2v) is 5.43. The number of rotatable bonds is 4. The molecular formula is C12H20BrN3O. The summed E-state index contributed by atoms with van der Waals surface area (Å²) in [5.41, 5.74) is 2.32. The number of likely N-dealkylation sites (tertiary alicyclic amines) is 1. The fraction of sp³-hybridized carbons (Fsp3) is 0.750. The molecule has 0 spiro atoms. The van der Waals surface area contributed by atoms with Crippen LogP contribution >= 0.6 is 15.9 Å². The molecule has 2 heterocycles. The van der Waals surface area contributed by atoms with E-state index in [2.05, 4.69) is 32.9 Å². The molecule has 1 unspecified atom stereocenters. The summed E-state index contributed by atoms with van der Waals surface area (Å²) < 4.78 is 3.08. The topological polar surface area (TPSA) is 41.3 Å². The van der Waals surface area contributed by atoms with E-state index in [1.165, 1.54) is 12.1 Å². The van der Waals surface area contributed by atoms with Crippen LogP contribution in [0.4, 0.5) is 0 Å². The van der Waals surface area contributed by atoms with Crippen LogP contribution in [0, 0.1) is 0 Å². The van der Waals surface area contributed by atoms with Gasteiger partial charge in [0.15, 0.2) is 0 Å². The lowest BCUT2D eigenvalue weighted by atomic mass is 10.2. The Balaban J connectivity index is 2.15. The summed E-state index contributed by atoms with van der Waals surface area (Å²) in [4.78, 5) is 2.35. The van der Waals surface area contributed by atoms with Crippen molar-refractivity contribution >= 4 is 15.9 Å². The van der Waals surface area contributed by atoms with Crippen LogP contribution in [0.1, 0.15) is 31.2 Å². The summed E-state index contributed by atoms with van der Waals surface area (Å²) in [6.45, 7) is 4.32. The van der Waals surface area contributed by atoms with Crippen molar-refractivity contribution in [3.05, 3.63) is 15.9 Å². The van der Waals surface area contributed by atoms with E-state index in [1.54, 1.807) is 0 Å². The maximum atomic E-state index is 9.33. The minimum absolute atomic E-state index is 0.260. The van der Waals surface area contributed by atoms with Crippen LogP contribution in [0.15, 0.2) is 4.47 Å². The molecule has 2 rings (SSSR count). The molecule has 1 aliphatic rings. The maximum Gasteiger partial charge on any atom is 0.0767 e. The standard InChI is InChI=1S/C12H20BrN3O/c1-3-10-12(13)11(15(2)14-10)7-16-6-4-5-9(16)8-17/h9,17H,3-8H2,1-2H3. The van der Waals surface area contributed by atoms with Gasteiger partial charge in [-0.1, -0.05) is 6.92 Å². The number of nitrogens with zero attached hydrogens (tertiary/aromatic N) is 3. The first-order valence-electron chi connectivity index (χ1n) is 6.22. The fourth-order valence-corrected chi connectivity index (χ4v) is 3.24. The zero-order valence-corrected chi connectivity index (χ0v) is 12.1. The molecule has 0 amide bonds. The number of aryl methyl sites for hydroxylation is 2. The highest BCUT2D eigenvalue weighted by Crippen LogP contribution is 2.26. The normalized spacial score (nSPS) is 21.3. The lowest BCUT2D eigenvalue weighted by molar-refractivity contribution is 0.151. The van der Waals surface area contributed by atoms with Crippen molar-refractivity contribution in [1.82, 2.24) is 14.7 Å². The summed E-state index contributed by atoms with van der Waals surface area (Å²) in [7, 11) is 1.99. The molecule has 4 nitrogen and oxygen atoms in total. The molecule has 0 saturated carbocycles. The molecule has 0 radical (unpaired) electrons. The number of hydrogen-bond donors (Lipinski definition) is 1. The van der Waals surface area contributed by atoms with Crippen molar-refractivity contribution in [3.63, 3.8) is 0 Å². The van der Waals surface area contributed by atoms with Gasteiger partial charge in [0.2, 0.25) is 0 Å². The van der Waals surface area contributed by atoms with Gasteiger partial charge in [-0.15, -0.1) is 0 Å². The lowest BCUT2D eigenvalue weighted by Gasteiger charge is -2.22. The predicted molar refractivity (Wildman–Crippen MR) is 70.8 cm³/mol. The van der Waals surface area contributed by atoms with Crippen molar-refractivity contribution in [2.24, 2.45) is 7.05 Å². The molecule has 1 aromatic heterocycles. The molecular weight excluding hydrogens is 282 g/mol. The highest BCUT2D eigenvalue weighted by molar-refractivity contribution is 9.10. The monoisotopic (exact) mass is 301 g/mol. The average molecular weight is 302 g/mol.